The van der Waals surface area contributed by atoms with Gasteiger partial charge in [0.15, 0.2) is 0 Å². The molecule has 15 heavy (non-hydrogen) atoms. The lowest BCUT2D eigenvalue weighted by atomic mass is 10.1. The Kier molecular flexibility index (Phi) is 2.82. The van der Waals surface area contributed by atoms with Crippen molar-refractivity contribution in [2.75, 3.05) is 36.8 Å². The van der Waals surface area contributed by atoms with Crippen LogP contribution in [0.3, 0.4) is 0 Å². The van der Waals surface area contributed by atoms with Gasteiger partial charge in [0.05, 0.1) is 0 Å². The molecule has 0 atom stereocenters. The van der Waals surface area contributed by atoms with Crippen molar-refractivity contribution in [3.63, 3.8) is 0 Å². The Morgan fingerprint density at radius 3 is 2.20 bits per heavy atom. The molecular weight excluding hydrogens is 186 g/mol. The number of nitrogens with one attached hydrogen (secondary N) is 1. The number of aryl methyl sites for hydroxylation is 2. The second kappa shape index (κ2) is 4.11. The van der Waals surface area contributed by atoms with Crippen LogP contribution in [0.1, 0.15) is 11.1 Å². The van der Waals surface area contributed by atoms with Gasteiger partial charge in [0.1, 0.15) is 0 Å². The third kappa shape index (κ3) is 2.07. The number of rotatable bonds is 1. The van der Waals surface area contributed by atoms with E-state index >= 15 is 0 Å². The maximum Gasteiger partial charge on any atom is 0.0374 e. The summed E-state index contributed by atoms with van der Waals surface area (Å²) in [4.78, 5) is 2.41. The molecule has 1 aliphatic heterocycles. The molecule has 1 heterocycles. The van der Waals surface area contributed by atoms with Gasteiger partial charge in [-0.1, -0.05) is 0 Å². The Morgan fingerprint density at radius 1 is 1.13 bits per heavy atom. The minimum atomic E-state index is 0.925. The quantitative estimate of drug-likeness (QED) is 0.679. The Bertz CT molecular complexity index is 331. The second-order valence-corrected chi connectivity index (χ2v) is 4.23. The molecule has 1 aromatic rings. The summed E-state index contributed by atoms with van der Waals surface area (Å²) < 4.78 is 0. The number of nitrogens with two attached hydrogens (primary N) is 1. The Hall–Kier alpha value is -1.22. The lowest BCUT2D eigenvalue weighted by Crippen LogP contribution is -2.43. The number of hydrogen-bond donors (Lipinski definition) is 2. The molecule has 2 rings (SSSR count). The van der Waals surface area contributed by atoms with Crippen molar-refractivity contribution < 1.29 is 0 Å². The van der Waals surface area contributed by atoms with Crippen LogP contribution in [0.25, 0.3) is 0 Å². The average Bonchev–Trinajstić information content (AvgIpc) is 2.26. The summed E-state index contributed by atoms with van der Waals surface area (Å²) in [6, 6.07) is 4.38. The zero-order chi connectivity index (χ0) is 10.8. The van der Waals surface area contributed by atoms with Crippen molar-refractivity contribution in [1.82, 2.24) is 5.32 Å². The van der Waals surface area contributed by atoms with E-state index in [0.717, 1.165) is 31.9 Å². The third-order valence-electron chi connectivity index (χ3n) is 3.06. The van der Waals surface area contributed by atoms with Crippen LogP contribution in [0, 0.1) is 13.8 Å². The van der Waals surface area contributed by atoms with Gasteiger partial charge in [-0.25, -0.2) is 0 Å². The lowest BCUT2D eigenvalue weighted by Gasteiger charge is -2.30. The summed E-state index contributed by atoms with van der Waals surface area (Å²) >= 11 is 0. The van der Waals surface area contributed by atoms with Gasteiger partial charge in [-0.05, 0) is 37.1 Å². The molecule has 0 radical (unpaired) electrons. The third-order valence-corrected chi connectivity index (χ3v) is 3.06. The fraction of sp³-hybridized carbons (Fsp3) is 0.500. The van der Waals surface area contributed by atoms with Gasteiger partial charge in [0, 0.05) is 37.6 Å². The summed E-state index contributed by atoms with van der Waals surface area (Å²) in [5, 5.41) is 3.36. The van der Waals surface area contributed by atoms with Crippen molar-refractivity contribution in [3.05, 3.63) is 23.3 Å². The maximum atomic E-state index is 5.95. The van der Waals surface area contributed by atoms with E-state index in [1.807, 2.05) is 0 Å². The van der Waals surface area contributed by atoms with E-state index in [1.165, 1.54) is 16.8 Å². The van der Waals surface area contributed by atoms with Crippen LogP contribution in [-0.4, -0.2) is 26.2 Å². The second-order valence-electron chi connectivity index (χ2n) is 4.23. The summed E-state index contributed by atoms with van der Waals surface area (Å²) in [5.41, 5.74) is 10.5. The highest BCUT2D eigenvalue weighted by Gasteiger charge is 2.11. The molecule has 3 N–H and O–H groups in total. The van der Waals surface area contributed by atoms with E-state index in [2.05, 4.69) is 36.2 Å². The minimum absolute atomic E-state index is 0.925. The van der Waals surface area contributed by atoms with Crippen LogP contribution in [0.4, 0.5) is 11.4 Å². The molecule has 0 saturated carbocycles. The van der Waals surface area contributed by atoms with E-state index in [-0.39, 0.29) is 0 Å². The fourth-order valence-corrected chi connectivity index (χ4v) is 2.06. The predicted octanol–water partition coefficient (Wildman–Crippen LogP) is 1.30. The van der Waals surface area contributed by atoms with E-state index in [9.17, 15) is 0 Å². The van der Waals surface area contributed by atoms with Crippen LogP contribution in [0.5, 0.6) is 0 Å². The number of nitrogen functional groups attached to an aromatic ring is 1. The molecule has 3 nitrogen and oxygen atoms in total. The Balaban J connectivity index is 2.27. The van der Waals surface area contributed by atoms with Gasteiger partial charge in [-0.15, -0.1) is 0 Å². The average molecular weight is 205 g/mol. The van der Waals surface area contributed by atoms with Crippen LogP contribution >= 0.6 is 0 Å². The monoisotopic (exact) mass is 205 g/mol. The van der Waals surface area contributed by atoms with Crippen molar-refractivity contribution >= 4 is 11.4 Å². The van der Waals surface area contributed by atoms with Gasteiger partial charge < -0.3 is 16.0 Å². The molecular formula is C12H19N3. The van der Waals surface area contributed by atoms with Crippen molar-refractivity contribution in [1.29, 1.82) is 0 Å². The smallest absolute Gasteiger partial charge is 0.0374 e. The molecule has 0 unspecified atom stereocenters. The van der Waals surface area contributed by atoms with Crippen LogP contribution in [-0.2, 0) is 0 Å². The lowest BCUT2D eigenvalue weighted by molar-refractivity contribution is 0.589. The van der Waals surface area contributed by atoms with Crippen molar-refractivity contribution in [3.8, 4) is 0 Å². The molecule has 1 fully saturated rings. The highest BCUT2D eigenvalue weighted by Crippen LogP contribution is 2.24. The highest BCUT2D eigenvalue weighted by atomic mass is 15.2. The first-order valence-corrected chi connectivity index (χ1v) is 5.51. The molecule has 0 bridgehead atoms. The van der Waals surface area contributed by atoms with Gasteiger partial charge in [-0.2, -0.15) is 0 Å². The first kappa shape index (κ1) is 10.3. The summed E-state index contributed by atoms with van der Waals surface area (Å²) in [6.07, 6.45) is 0. The number of hydrogen-bond acceptors (Lipinski definition) is 3. The van der Waals surface area contributed by atoms with E-state index in [4.69, 9.17) is 5.73 Å². The minimum Gasteiger partial charge on any atom is -0.398 e. The molecule has 0 aromatic heterocycles. The molecule has 1 saturated heterocycles. The van der Waals surface area contributed by atoms with Crippen LogP contribution in [0.15, 0.2) is 12.1 Å². The standard InChI is InChI=1S/C12H19N3/c1-9-7-11(8-10(2)12(9)13)15-5-3-14-4-6-15/h7-8,14H,3-6,13H2,1-2H3. The van der Waals surface area contributed by atoms with Gasteiger partial charge >= 0.3 is 0 Å². The molecule has 0 aliphatic carbocycles. The zero-order valence-corrected chi connectivity index (χ0v) is 9.51. The molecule has 0 amide bonds. The maximum absolute atomic E-state index is 5.95. The van der Waals surface area contributed by atoms with Crippen molar-refractivity contribution in [2.24, 2.45) is 0 Å². The molecule has 1 aliphatic rings. The first-order chi connectivity index (χ1) is 7.18. The Morgan fingerprint density at radius 2 is 1.67 bits per heavy atom. The first-order valence-electron chi connectivity index (χ1n) is 5.51. The fourth-order valence-electron chi connectivity index (χ4n) is 2.06. The summed E-state index contributed by atoms with van der Waals surface area (Å²) in [7, 11) is 0. The summed E-state index contributed by atoms with van der Waals surface area (Å²) in [5.74, 6) is 0. The number of anilines is 2. The zero-order valence-electron chi connectivity index (χ0n) is 9.51. The summed E-state index contributed by atoms with van der Waals surface area (Å²) in [6.45, 7) is 8.47. The van der Waals surface area contributed by atoms with Crippen LogP contribution < -0.4 is 16.0 Å². The van der Waals surface area contributed by atoms with Gasteiger partial charge in [0.2, 0.25) is 0 Å². The largest absolute Gasteiger partial charge is 0.398 e. The predicted molar refractivity (Wildman–Crippen MR) is 65.4 cm³/mol. The molecule has 82 valence electrons. The highest BCUT2D eigenvalue weighted by molar-refractivity contribution is 5.62. The molecule has 0 spiro atoms. The SMILES string of the molecule is Cc1cc(N2CCNCC2)cc(C)c1N. The van der Waals surface area contributed by atoms with Gasteiger partial charge in [-0.3, -0.25) is 0 Å². The number of piperazine rings is 1. The van der Waals surface area contributed by atoms with Crippen LogP contribution in [0.2, 0.25) is 0 Å². The number of benzene rings is 1. The van der Waals surface area contributed by atoms with E-state index in [0.29, 0.717) is 0 Å². The van der Waals surface area contributed by atoms with E-state index in [1.54, 1.807) is 0 Å². The normalized spacial score (nSPS) is 16.8. The topological polar surface area (TPSA) is 41.3 Å². The van der Waals surface area contributed by atoms with Crippen molar-refractivity contribution in [2.45, 2.75) is 13.8 Å². The molecule has 1 aromatic carbocycles. The Labute approximate surface area is 91.3 Å². The van der Waals surface area contributed by atoms with Gasteiger partial charge in [0.25, 0.3) is 0 Å². The molecule has 3 heteroatoms. The van der Waals surface area contributed by atoms with E-state index < -0.39 is 0 Å². The number of nitrogens with zero attached hydrogens (tertiary/aromatic N) is 1.